The molecule has 1 aromatic heterocycles. The Kier molecular flexibility index (Phi) is 9.25. The Morgan fingerprint density at radius 3 is 2.72 bits per heavy atom. The highest BCUT2D eigenvalue weighted by Crippen LogP contribution is 2.29. The van der Waals surface area contributed by atoms with E-state index in [4.69, 9.17) is 4.74 Å². The smallest absolute Gasteiger partial charge is 0.434 e. The van der Waals surface area contributed by atoms with Crippen molar-refractivity contribution in [2.75, 3.05) is 26.2 Å². The van der Waals surface area contributed by atoms with Gasteiger partial charge in [0.25, 0.3) is 0 Å². The third-order valence-corrected chi connectivity index (χ3v) is 3.84. The molecule has 0 fully saturated rings. The van der Waals surface area contributed by atoms with Crippen LogP contribution in [0.25, 0.3) is 0 Å². The second-order valence-electron chi connectivity index (χ2n) is 4.97. The number of guanidine groups is 1. The molecule has 0 saturated heterocycles. The Balaban J connectivity index is 2.38. The van der Waals surface area contributed by atoms with E-state index in [-0.39, 0.29) is 5.97 Å². The number of nitrogens with zero attached hydrogens (tertiary/aromatic N) is 2. The maximum Gasteiger partial charge on any atom is 0.434 e. The summed E-state index contributed by atoms with van der Waals surface area (Å²) in [5.41, 5.74) is -0.855. The Hall–Kier alpha value is -1.84. The second kappa shape index (κ2) is 10.9. The fourth-order valence-corrected chi connectivity index (χ4v) is 2.64. The van der Waals surface area contributed by atoms with Crippen LogP contribution in [-0.2, 0) is 22.1 Å². The molecule has 6 nitrogen and oxygen atoms in total. The van der Waals surface area contributed by atoms with Crippen LogP contribution in [0.3, 0.4) is 0 Å². The lowest BCUT2D eigenvalue weighted by Gasteiger charge is -2.10. The number of alkyl halides is 3. The van der Waals surface area contributed by atoms with E-state index < -0.39 is 11.9 Å². The van der Waals surface area contributed by atoms with Crippen LogP contribution in [0.4, 0.5) is 13.2 Å². The molecule has 1 aromatic rings. The molecule has 25 heavy (non-hydrogen) atoms. The van der Waals surface area contributed by atoms with E-state index in [1.165, 1.54) is 0 Å². The van der Waals surface area contributed by atoms with Gasteiger partial charge in [-0.25, -0.2) is 4.98 Å². The van der Waals surface area contributed by atoms with Crippen LogP contribution in [0.15, 0.2) is 10.4 Å². The van der Waals surface area contributed by atoms with Gasteiger partial charge >= 0.3 is 12.1 Å². The van der Waals surface area contributed by atoms with Crippen molar-refractivity contribution in [2.24, 2.45) is 4.99 Å². The van der Waals surface area contributed by atoms with Gasteiger partial charge in [-0.2, -0.15) is 13.2 Å². The van der Waals surface area contributed by atoms with Crippen molar-refractivity contribution in [2.45, 2.75) is 39.3 Å². The molecule has 0 amide bonds. The van der Waals surface area contributed by atoms with E-state index >= 15 is 0 Å². The van der Waals surface area contributed by atoms with Crippen molar-refractivity contribution in [3.63, 3.8) is 0 Å². The van der Waals surface area contributed by atoms with Crippen molar-refractivity contribution in [1.29, 1.82) is 0 Å². The Morgan fingerprint density at radius 1 is 1.36 bits per heavy atom. The number of carbonyl (C=O) groups excluding carboxylic acids is 1. The summed E-state index contributed by atoms with van der Waals surface area (Å²) in [5, 5.41) is 7.51. The number of carbonyl (C=O) groups is 1. The quantitative estimate of drug-likeness (QED) is 0.298. The van der Waals surface area contributed by atoms with Gasteiger partial charge in [-0.15, -0.1) is 11.3 Å². The molecule has 0 saturated carbocycles. The van der Waals surface area contributed by atoms with Gasteiger partial charge in [0.05, 0.1) is 11.6 Å². The Labute approximate surface area is 148 Å². The standard InChI is InChI=1S/C15H23F3N4O2S/c1-3-19-14(20-8-5-6-13(23)24-4-2)21-9-7-12-22-11(10-25-12)15(16,17)18/h10H,3-9H2,1-2H3,(H2,19,20,21). The van der Waals surface area contributed by atoms with E-state index in [9.17, 15) is 18.0 Å². The lowest BCUT2D eigenvalue weighted by atomic mass is 10.3. The lowest BCUT2D eigenvalue weighted by Crippen LogP contribution is -2.38. The van der Waals surface area contributed by atoms with Crippen molar-refractivity contribution in [3.8, 4) is 0 Å². The first-order chi connectivity index (χ1) is 11.9. The average molecular weight is 380 g/mol. The first kappa shape index (κ1) is 21.2. The first-order valence-corrected chi connectivity index (χ1v) is 8.94. The zero-order valence-corrected chi connectivity index (χ0v) is 15.1. The van der Waals surface area contributed by atoms with E-state index in [0.717, 1.165) is 16.7 Å². The van der Waals surface area contributed by atoms with Gasteiger partial charge in [0.1, 0.15) is 0 Å². The highest BCUT2D eigenvalue weighted by Gasteiger charge is 2.33. The Morgan fingerprint density at radius 2 is 2.12 bits per heavy atom. The summed E-state index contributed by atoms with van der Waals surface area (Å²) < 4.78 is 42.3. The molecule has 0 aliphatic carbocycles. The number of aromatic nitrogens is 1. The predicted octanol–water partition coefficient (Wildman–Crippen LogP) is 2.60. The summed E-state index contributed by atoms with van der Waals surface area (Å²) in [5.74, 6) is 0.304. The summed E-state index contributed by atoms with van der Waals surface area (Å²) in [7, 11) is 0. The second-order valence-corrected chi connectivity index (χ2v) is 5.91. The minimum atomic E-state index is -4.41. The van der Waals surface area contributed by atoms with Gasteiger partial charge < -0.3 is 15.4 Å². The van der Waals surface area contributed by atoms with Crippen LogP contribution in [-0.4, -0.2) is 43.2 Å². The summed E-state index contributed by atoms with van der Waals surface area (Å²) >= 11 is 0.988. The van der Waals surface area contributed by atoms with Crippen LogP contribution in [0, 0.1) is 0 Å². The zero-order valence-electron chi connectivity index (χ0n) is 14.3. The highest BCUT2D eigenvalue weighted by molar-refractivity contribution is 7.09. The molecule has 0 unspecified atom stereocenters. The molecule has 1 heterocycles. The number of hydrogen-bond donors (Lipinski definition) is 2. The van der Waals surface area contributed by atoms with E-state index in [0.29, 0.717) is 56.5 Å². The third-order valence-electron chi connectivity index (χ3n) is 2.93. The molecule has 0 aliphatic rings. The fraction of sp³-hybridized carbons (Fsp3) is 0.667. The van der Waals surface area contributed by atoms with Crippen molar-refractivity contribution in [3.05, 3.63) is 16.1 Å². The first-order valence-electron chi connectivity index (χ1n) is 8.06. The van der Waals surface area contributed by atoms with Gasteiger partial charge in [-0.3, -0.25) is 9.79 Å². The van der Waals surface area contributed by atoms with Crippen LogP contribution >= 0.6 is 11.3 Å². The van der Waals surface area contributed by atoms with Gasteiger partial charge in [-0.1, -0.05) is 0 Å². The molecule has 0 bridgehead atoms. The molecular weight excluding hydrogens is 357 g/mol. The molecule has 2 N–H and O–H groups in total. The molecule has 142 valence electrons. The summed E-state index contributed by atoms with van der Waals surface area (Å²) in [6.07, 6.45) is -3.17. The molecule has 0 atom stereocenters. The topological polar surface area (TPSA) is 75.6 Å². The van der Waals surface area contributed by atoms with Gasteiger partial charge in [0.15, 0.2) is 11.7 Å². The normalized spacial score (nSPS) is 12.1. The number of hydrogen-bond acceptors (Lipinski definition) is 5. The monoisotopic (exact) mass is 380 g/mol. The number of thiazole rings is 1. The minimum absolute atomic E-state index is 0.250. The molecule has 0 aromatic carbocycles. The van der Waals surface area contributed by atoms with Crippen molar-refractivity contribution < 1.29 is 22.7 Å². The van der Waals surface area contributed by atoms with Crippen LogP contribution in [0.2, 0.25) is 0 Å². The molecule has 1 rings (SSSR count). The number of esters is 1. The summed E-state index contributed by atoms with van der Waals surface area (Å²) in [4.78, 5) is 19.1. The van der Waals surface area contributed by atoms with Crippen molar-refractivity contribution in [1.82, 2.24) is 15.6 Å². The highest BCUT2D eigenvalue weighted by atomic mass is 32.1. The average Bonchev–Trinajstić information content (AvgIpc) is 3.01. The zero-order chi connectivity index (χ0) is 18.7. The number of ether oxygens (including phenoxy) is 1. The van der Waals surface area contributed by atoms with Crippen molar-refractivity contribution >= 4 is 23.3 Å². The van der Waals surface area contributed by atoms with Crippen LogP contribution in [0.5, 0.6) is 0 Å². The third kappa shape index (κ3) is 8.71. The molecule has 10 heteroatoms. The van der Waals surface area contributed by atoms with E-state index in [1.54, 1.807) is 6.92 Å². The SMILES string of the molecule is CCNC(=NCCCC(=O)OCC)NCCc1nc(C(F)(F)F)cs1. The van der Waals surface area contributed by atoms with Gasteiger partial charge in [-0.05, 0) is 20.3 Å². The number of aliphatic imine (C=N–C) groups is 1. The van der Waals surface area contributed by atoms with Gasteiger partial charge in [0.2, 0.25) is 0 Å². The lowest BCUT2D eigenvalue weighted by molar-refractivity contribution is -0.143. The van der Waals surface area contributed by atoms with E-state index in [1.807, 2.05) is 6.92 Å². The molecular formula is C15H23F3N4O2S. The van der Waals surface area contributed by atoms with E-state index in [2.05, 4.69) is 20.6 Å². The van der Waals surface area contributed by atoms with Crippen LogP contribution < -0.4 is 10.6 Å². The summed E-state index contributed by atoms with van der Waals surface area (Å²) in [6, 6.07) is 0. The number of halogens is 3. The predicted molar refractivity (Wildman–Crippen MR) is 90.7 cm³/mol. The number of nitrogens with one attached hydrogen (secondary N) is 2. The molecule has 0 spiro atoms. The summed E-state index contributed by atoms with van der Waals surface area (Å²) in [6.45, 7) is 5.53. The molecule has 0 aliphatic heterocycles. The molecule has 0 radical (unpaired) electrons. The maximum atomic E-state index is 12.5. The Bertz CT molecular complexity index is 561. The van der Waals surface area contributed by atoms with Crippen LogP contribution in [0.1, 0.15) is 37.4 Å². The van der Waals surface area contributed by atoms with Gasteiger partial charge in [0, 0.05) is 37.9 Å². The number of rotatable bonds is 9. The maximum absolute atomic E-state index is 12.5. The fourth-order valence-electron chi connectivity index (χ4n) is 1.83. The minimum Gasteiger partial charge on any atom is -0.466 e. The largest absolute Gasteiger partial charge is 0.466 e.